The van der Waals surface area contributed by atoms with Gasteiger partial charge in [0.05, 0.1) is 6.54 Å². The van der Waals surface area contributed by atoms with Gasteiger partial charge < -0.3 is 15.5 Å². The van der Waals surface area contributed by atoms with E-state index in [1.807, 2.05) is 31.9 Å². The molecule has 1 aliphatic carbocycles. The number of nitrogens with zero attached hydrogens (tertiary/aromatic N) is 2. The van der Waals surface area contributed by atoms with E-state index < -0.39 is 0 Å². The summed E-state index contributed by atoms with van der Waals surface area (Å²) in [5.41, 5.74) is 1.14. The molecule has 0 unspecified atom stereocenters. The molecule has 1 saturated carbocycles. The molecule has 1 fully saturated rings. The van der Waals surface area contributed by atoms with Crippen LogP contribution in [0.25, 0.3) is 0 Å². The molecule has 20 heavy (non-hydrogen) atoms. The summed E-state index contributed by atoms with van der Waals surface area (Å²) < 4.78 is 0. The number of likely N-dealkylation sites (N-methyl/N-ethyl adjacent to an activating group) is 1. The van der Waals surface area contributed by atoms with Crippen LogP contribution in [0.15, 0.2) is 18.3 Å². The van der Waals surface area contributed by atoms with E-state index in [1.165, 1.54) is 12.8 Å². The zero-order valence-corrected chi connectivity index (χ0v) is 12.5. The van der Waals surface area contributed by atoms with Crippen molar-refractivity contribution >= 4 is 11.7 Å². The smallest absolute Gasteiger partial charge is 0.239 e. The Balaban J connectivity index is 1.96. The van der Waals surface area contributed by atoms with Gasteiger partial charge in [-0.05, 0) is 32.8 Å². The second kappa shape index (κ2) is 6.70. The average molecular weight is 276 g/mol. The minimum atomic E-state index is 0.0225. The maximum Gasteiger partial charge on any atom is 0.239 e. The first-order valence-corrected chi connectivity index (χ1v) is 7.24. The lowest BCUT2D eigenvalue weighted by Gasteiger charge is -2.21. The van der Waals surface area contributed by atoms with Crippen molar-refractivity contribution in [1.82, 2.24) is 15.6 Å². The standard InChI is InChI=1S/C15H24N4O/c1-11(2)18-14(20)10-19(3)15-12(5-4-8-16-15)9-17-13-6-7-13/h4-5,8,11,13,17H,6-7,9-10H2,1-3H3,(H,18,20). The van der Waals surface area contributed by atoms with E-state index in [9.17, 15) is 4.79 Å². The third-order valence-electron chi connectivity index (χ3n) is 3.22. The highest BCUT2D eigenvalue weighted by Gasteiger charge is 2.21. The fourth-order valence-electron chi connectivity index (χ4n) is 2.11. The number of aromatic nitrogens is 1. The van der Waals surface area contributed by atoms with Crippen molar-refractivity contribution in [2.24, 2.45) is 0 Å². The van der Waals surface area contributed by atoms with Crippen molar-refractivity contribution in [2.45, 2.75) is 45.3 Å². The predicted molar refractivity (Wildman–Crippen MR) is 80.6 cm³/mol. The van der Waals surface area contributed by atoms with Gasteiger partial charge in [-0.25, -0.2) is 4.98 Å². The van der Waals surface area contributed by atoms with Crippen molar-refractivity contribution in [1.29, 1.82) is 0 Å². The summed E-state index contributed by atoms with van der Waals surface area (Å²) in [7, 11) is 1.91. The van der Waals surface area contributed by atoms with Crippen LogP contribution < -0.4 is 15.5 Å². The molecule has 0 spiro atoms. The minimum Gasteiger partial charge on any atom is -0.352 e. The van der Waals surface area contributed by atoms with Gasteiger partial charge in [-0.15, -0.1) is 0 Å². The Hall–Kier alpha value is -1.62. The quantitative estimate of drug-likeness (QED) is 0.788. The molecule has 2 rings (SSSR count). The Bertz CT molecular complexity index is 457. The van der Waals surface area contributed by atoms with Crippen molar-refractivity contribution in [3.05, 3.63) is 23.9 Å². The SMILES string of the molecule is CC(C)NC(=O)CN(C)c1ncccc1CNC1CC1. The van der Waals surface area contributed by atoms with Crippen LogP contribution in [0, 0.1) is 0 Å². The molecular formula is C15H24N4O. The number of anilines is 1. The van der Waals surface area contributed by atoms with Gasteiger partial charge in [-0.2, -0.15) is 0 Å². The Morgan fingerprint density at radius 2 is 2.25 bits per heavy atom. The van der Waals surface area contributed by atoms with Crippen LogP contribution >= 0.6 is 0 Å². The molecule has 0 saturated heterocycles. The Labute approximate surface area is 120 Å². The predicted octanol–water partition coefficient (Wildman–Crippen LogP) is 1.29. The van der Waals surface area contributed by atoms with Gasteiger partial charge in [0.1, 0.15) is 5.82 Å². The summed E-state index contributed by atoms with van der Waals surface area (Å²) in [6.07, 6.45) is 4.30. The van der Waals surface area contributed by atoms with Crippen LogP contribution in [0.2, 0.25) is 0 Å². The average Bonchev–Trinajstić information content (AvgIpc) is 3.19. The first-order valence-electron chi connectivity index (χ1n) is 7.24. The highest BCUT2D eigenvalue weighted by Crippen LogP contribution is 2.21. The molecule has 0 radical (unpaired) electrons. The van der Waals surface area contributed by atoms with Crippen molar-refractivity contribution < 1.29 is 4.79 Å². The molecule has 5 nitrogen and oxygen atoms in total. The maximum atomic E-state index is 11.8. The normalized spacial score (nSPS) is 14.4. The molecule has 1 aromatic rings. The zero-order valence-electron chi connectivity index (χ0n) is 12.5. The van der Waals surface area contributed by atoms with Crippen LogP contribution in [-0.4, -0.2) is 36.6 Å². The second-order valence-electron chi connectivity index (χ2n) is 5.72. The monoisotopic (exact) mass is 276 g/mol. The highest BCUT2D eigenvalue weighted by molar-refractivity contribution is 5.81. The largest absolute Gasteiger partial charge is 0.352 e. The summed E-state index contributed by atoms with van der Waals surface area (Å²) in [6, 6.07) is 4.83. The zero-order chi connectivity index (χ0) is 14.5. The molecule has 1 heterocycles. The summed E-state index contributed by atoms with van der Waals surface area (Å²) in [4.78, 5) is 18.1. The lowest BCUT2D eigenvalue weighted by molar-refractivity contribution is -0.120. The number of carbonyl (C=O) groups excluding carboxylic acids is 1. The molecule has 1 amide bonds. The molecule has 2 N–H and O–H groups in total. The van der Waals surface area contributed by atoms with Crippen LogP contribution in [0.3, 0.4) is 0 Å². The van der Waals surface area contributed by atoms with Gasteiger partial charge in [0.2, 0.25) is 5.91 Å². The fraction of sp³-hybridized carbons (Fsp3) is 0.600. The third kappa shape index (κ3) is 4.49. The van der Waals surface area contributed by atoms with E-state index in [0.29, 0.717) is 12.6 Å². The van der Waals surface area contributed by atoms with Gasteiger partial charge >= 0.3 is 0 Å². The Morgan fingerprint density at radius 1 is 1.50 bits per heavy atom. The van der Waals surface area contributed by atoms with E-state index in [1.54, 1.807) is 6.20 Å². The summed E-state index contributed by atoms with van der Waals surface area (Å²) >= 11 is 0. The molecular weight excluding hydrogens is 252 g/mol. The number of nitrogens with one attached hydrogen (secondary N) is 2. The lowest BCUT2D eigenvalue weighted by Crippen LogP contribution is -2.39. The molecule has 0 bridgehead atoms. The van der Waals surface area contributed by atoms with Crippen LogP contribution in [0.4, 0.5) is 5.82 Å². The van der Waals surface area contributed by atoms with E-state index in [-0.39, 0.29) is 11.9 Å². The Morgan fingerprint density at radius 3 is 2.90 bits per heavy atom. The van der Waals surface area contributed by atoms with Crippen LogP contribution in [0.1, 0.15) is 32.3 Å². The molecule has 1 aromatic heterocycles. The first-order chi connectivity index (χ1) is 9.56. The van der Waals surface area contributed by atoms with E-state index >= 15 is 0 Å². The first kappa shape index (κ1) is 14.8. The third-order valence-corrected chi connectivity index (χ3v) is 3.22. The minimum absolute atomic E-state index is 0.0225. The Kier molecular flexibility index (Phi) is 4.95. The highest BCUT2D eigenvalue weighted by atomic mass is 16.2. The molecule has 5 heteroatoms. The van der Waals surface area contributed by atoms with Gasteiger partial charge in [0.15, 0.2) is 0 Å². The van der Waals surface area contributed by atoms with Crippen molar-refractivity contribution in [2.75, 3.05) is 18.5 Å². The number of rotatable bonds is 7. The molecule has 110 valence electrons. The molecule has 0 aromatic carbocycles. The summed E-state index contributed by atoms with van der Waals surface area (Å²) in [5.74, 6) is 0.897. The maximum absolute atomic E-state index is 11.8. The van der Waals surface area contributed by atoms with E-state index in [0.717, 1.165) is 17.9 Å². The van der Waals surface area contributed by atoms with Crippen LogP contribution in [0.5, 0.6) is 0 Å². The fourth-order valence-corrected chi connectivity index (χ4v) is 2.11. The second-order valence-corrected chi connectivity index (χ2v) is 5.72. The molecule has 0 atom stereocenters. The van der Waals surface area contributed by atoms with E-state index in [4.69, 9.17) is 0 Å². The van der Waals surface area contributed by atoms with Gasteiger partial charge in [0, 0.05) is 37.4 Å². The number of amides is 1. The van der Waals surface area contributed by atoms with Crippen LogP contribution in [-0.2, 0) is 11.3 Å². The number of pyridine rings is 1. The summed E-state index contributed by atoms with van der Waals surface area (Å²) in [5, 5.41) is 6.39. The molecule has 1 aliphatic rings. The van der Waals surface area contributed by atoms with Crippen molar-refractivity contribution in [3.63, 3.8) is 0 Å². The lowest BCUT2D eigenvalue weighted by atomic mass is 10.2. The number of carbonyl (C=O) groups is 1. The molecule has 0 aliphatic heterocycles. The van der Waals surface area contributed by atoms with Gasteiger partial charge in [-0.1, -0.05) is 6.07 Å². The topological polar surface area (TPSA) is 57.3 Å². The van der Waals surface area contributed by atoms with Crippen molar-refractivity contribution in [3.8, 4) is 0 Å². The number of hydrogen-bond acceptors (Lipinski definition) is 4. The van der Waals surface area contributed by atoms with Gasteiger partial charge in [-0.3, -0.25) is 4.79 Å². The number of hydrogen-bond donors (Lipinski definition) is 2. The summed E-state index contributed by atoms with van der Waals surface area (Å²) in [6.45, 7) is 5.06. The van der Waals surface area contributed by atoms with E-state index in [2.05, 4.69) is 21.7 Å². The van der Waals surface area contributed by atoms with Gasteiger partial charge in [0.25, 0.3) is 0 Å².